The minimum atomic E-state index is -0.0763. The Hall–Kier alpha value is -3.88. The van der Waals surface area contributed by atoms with E-state index in [9.17, 15) is 9.90 Å². The van der Waals surface area contributed by atoms with Crippen LogP contribution in [0.3, 0.4) is 0 Å². The van der Waals surface area contributed by atoms with Gasteiger partial charge in [-0.25, -0.2) is 4.98 Å². The van der Waals surface area contributed by atoms with Gasteiger partial charge in [0.15, 0.2) is 17.3 Å². The summed E-state index contributed by atoms with van der Waals surface area (Å²) in [5.74, 6) is 1.36. The number of halogens is 1. The van der Waals surface area contributed by atoms with Crippen molar-refractivity contribution in [1.82, 2.24) is 9.97 Å². The van der Waals surface area contributed by atoms with Crippen LogP contribution in [-0.2, 0) is 6.42 Å². The Bertz CT molecular complexity index is 1690. The van der Waals surface area contributed by atoms with Gasteiger partial charge in [-0.3, -0.25) is 4.79 Å². The van der Waals surface area contributed by atoms with Gasteiger partial charge in [0, 0.05) is 51.1 Å². The molecule has 0 radical (unpaired) electrons. The number of aliphatic hydroxyl groups excluding tert-OH is 1. The Kier molecular flexibility index (Phi) is 8.61. The maximum Gasteiger partial charge on any atom is 0.203 e. The molecule has 7 nitrogen and oxygen atoms in total. The number of pyridine rings is 1. The number of H-pyrrole nitrogens is 1. The molecule has 0 aliphatic heterocycles. The van der Waals surface area contributed by atoms with Crippen LogP contribution in [0.1, 0.15) is 29.3 Å². The van der Waals surface area contributed by atoms with Crippen LogP contribution < -0.4 is 14.2 Å². The van der Waals surface area contributed by atoms with Gasteiger partial charge < -0.3 is 24.3 Å². The van der Waals surface area contributed by atoms with Gasteiger partial charge in [0.2, 0.25) is 5.75 Å². The van der Waals surface area contributed by atoms with E-state index in [-0.39, 0.29) is 30.6 Å². The van der Waals surface area contributed by atoms with Crippen LogP contribution in [0.5, 0.6) is 17.2 Å². The first-order valence-electron chi connectivity index (χ1n) is 13.5. The Labute approximate surface area is 247 Å². The highest BCUT2D eigenvalue weighted by Gasteiger charge is 2.24. The smallest absolute Gasteiger partial charge is 0.203 e. The number of fused-ring (bicyclic) bond motifs is 2. The number of Topliss-reactive ketones (excluding diaryl/α,β-unsaturated/α-hetero) is 1. The molecule has 2 N–H and O–H groups in total. The topological polar surface area (TPSA) is 93.7 Å². The predicted molar refractivity (Wildman–Crippen MR) is 165 cm³/mol. The van der Waals surface area contributed by atoms with Gasteiger partial charge in [0.1, 0.15) is 0 Å². The van der Waals surface area contributed by atoms with Crippen LogP contribution in [-0.4, -0.2) is 48.8 Å². The summed E-state index contributed by atoms with van der Waals surface area (Å²) in [4.78, 5) is 22.1. The number of methoxy groups -OCH3 is 3. The first-order chi connectivity index (χ1) is 19.9. The molecular formula is C33H33BrN2O5. The summed E-state index contributed by atoms with van der Waals surface area (Å²) in [6.45, 7) is 2.03. The summed E-state index contributed by atoms with van der Waals surface area (Å²) in [6, 6.07) is 19.4. The van der Waals surface area contributed by atoms with Crippen molar-refractivity contribution in [2.75, 3.05) is 27.9 Å². The summed E-state index contributed by atoms with van der Waals surface area (Å²) in [5.41, 5.74) is 4.84. The molecule has 2 heterocycles. The lowest BCUT2D eigenvalue weighted by molar-refractivity contribution is 0.0929. The van der Waals surface area contributed by atoms with Crippen molar-refractivity contribution in [3.8, 4) is 28.5 Å². The molecule has 0 aliphatic rings. The lowest BCUT2D eigenvalue weighted by Gasteiger charge is -2.22. The van der Waals surface area contributed by atoms with E-state index in [0.717, 1.165) is 31.9 Å². The second-order valence-corrected chi connectivity index (χ2v) is 11.2. The van der Waals surface area contributed by atoms with Crippen LogP contribution in [0.25, 0.3) is 33.1 Å². The fourth-order valence-corrected chi connectivity index (χ4v) is 5.76. The molecule has 0 saturated heterocycles. The summed E-state index contributed by atoms with van der Waals surface area (Å²) in [7, 11) is 4.69. The number of ether oxygens (including phenoxy) is 3. The van der Waals surface area contributed by atoms with Gasteiger partial charge in [0.05, 0.1) is 32.5 Å². The standard InChI is InChI=1S/C33H33BrN2O5/c1-19(22(18-37)12-21-17-35-27-8-6-5-7-24(21)27)11-30(38)26-16-29(36-28-10-9-23(34)15-25(26)28)20-13-31(39-2)33(41-4)32(14-20)40-3/h5-10,13-17,19,22,35,37H,11-12,18H2,1-4H3. The molecule has 41 heavy (non-hydrogen) atoms. The minimum Gasteiger partial charge on any atom is -0.493 e. The molecule has 0 fully saturated rings. The Morgan fingerprint density at radius 1 is 0.976 bits per heavy atom. The van der Waals surface area contributed by atoms with E-state index in [1.165, 1.54) is 0 Å². The summed E-state index contributed by atoms with van der Waals surface area (Å²) >= 11 is 3.55. The van der Waals surface area contributed by atoms with E-state index in [1.807, 2.05) is 67.7 Å². The van der Waals surface area contributed by atoms with E-state index in [0.29, 0.717) is 40.4 Å². The molecule has 0 aliphatic carbocycles. The third-order valence-electron chi connectivity index (χ3n) is 7.74. The van der Waals surface area contributed by atoms with Crippen molar-refractivity contribution in [2.24, 2.45) is 11.8 Å². The molecule has 5 aromatic rings. The molecule has 0 spiro atoms. The summed E-state index contributed by atoms with van der Waals surface area (Å²) in [5, 5.41) is 12.2. The second-order valence-electron chi connectivity index (χ2n) is 10.2. The number of aliphatic hydroxyl groups is 1. The maximum absolute atomic E-state index is 13.9. The normalized spacial score (nSPS) is 12.8. The number of para-hydroxylation sites is 1. The second kappa shape index (κ2) is 12.3. The number of rotatable bonds is 11. The number of carbonyl (C=O) groups is 1. The first-order valence-corrected chi connectivity index (χ1v) is 14.3. The zero-order valence-electron chi connectivity index (χ0n) is 23.5. The molecule has 2 atom stereocenters. The summed E-state index contributed by atoms with van der Waals surface area (Å²) < 4.78 is 17.4. The van der Waals surface area contributed by atoms with E-state index in [4.69, 9.17) is 19.2 Å². The van der Waals surface area contributed by atoms with Gasteiger partial charge in [-0.15, -0.1) is 0 Å². The van der Waals surface area contributed by atoms with E-state index in [2.05, 4.69) is 27.0 Å². The number of hydrogen-bond donors (Lipinski definition) is 2. The highest BCUT2D eigenvalue weighted by atomic mass is 79.9. The molecule has 0 saturated carbocycles. The third-order valence-corrected chi connectivity index (χ3v) is 8.23. The average Bonchev–Trinajstić information content (AvgIpc) is 3.40. The number of benzene rings is 3. The fraction of sp³-hybridized carbons (Fsp3) is 0.273. The number of ketones is 1. The SMILES string of the molecule is COc1cc(-c2cc(C(=O)CC(C)C(CO)Cc3c[nH]c4ccccc34)c3cc(Br)ccc3n2)cc(OC)c1OC. The highest BCUT2D eigenvalue weighted by molar-refractivity contribution is 9.10. The van der Waals surface area contributed by atoms with Crippen molar-refractivity contribution < 1.29 is 24.1 Å². The molecule has 3 aromatic carbocycles. The Morgan fingerprint density at radius 2 is 1.71 bits per heavy atom. The van der Waals surface area contributed by atoms with Crippen molar-refractivity contribution in [2.45, 2.75) is 19.8 Å². The van der Waals surface area contributed by atoms with Gasteiger partial charge in [-0.2, -0.15) is 0 Å². The van der Waals surface area contributed by atoms with E-state index >= 15 is 0 Å². The quantitative estimate of drug-likeness (QED) is 0.152. The lowest BCUT2D eigenvalue weighted by atomic mass is 9.84. The molecule has 0 amide bonds. The molecule has 5 rings (SSSR count). The molecule has 212 valence electrons. The Balaban J connectivity index is 1.50. The van der Waals surface area contributed by atoms with Crippen LogP contribution in [0.2, 0.25) is 0 Å². The van der Waals surface area contributed by atoms with Gasteiger partial charge >= 0.3 is 0 Å². The fourth-order valence-electron chi connectivity index (χ4n) is 5.40. The summed E-state index contributed by atoms with van der Waals surface area (Å²) in [6.07, 6.45) is 2.96. The number of carbonyl (C=O) groups excluding carboxylic acids is 1. The van der Waals surface area contributed by atoms with Crippen molar-refractivity contribution in [3.63, 3.8) is 0 Å². The molecule has 0 bridgehead atoms. The molecule has 8 heteroatoms. The van der Waals surface area contributed by atoms with Crippen LogP contribution in [0.4, 0.5) is 0 Å². The van der Waals surface area contributed by atoms with Crippen molar-refractivity contribution in [1.29, 1.82) is 0 Å². The monoisotopic (exact) mass is 616 g/mol. The molecule has 2 aromatic heterocycles. The van der Waals surface area contributed by atoms with Crippen molar-refractivity contribution >= 4 is 43.5 Å². The molecular weight excluding hydrogens is 584 g/mol. The van der Waals surface area contributed by atoms with Gasteiger partial charge in [0.25, 0.3) is 0 Å². The van der Waals surface area contributed by atoms with Gasteiger partial charge in [-0.05, 0) is 66.3 Å². The van der Waals surface area contributed by atoms with Crippen molar-refractivity contribution in [3.05, 3.63) is 82.5 Å². The van der Waals surface area contributed by atoms with Crippen LogP contribution in [0, 0.1) is 11.8 Å². The predicted octanol–water partition coefficient (Wildman–Crippen LogP) is 7.23. The average molecular weight is 618 g/mol. The zero-order valence-corrected chi connectivity index (χ0v) is 25.1. The largest absolute Gasteiger partial charge is 0.493 e. The van der Waals surface area contributed by atoms with E-state index < -0.39 is 0 Å². The number of aromatic amines is 1. The number of nitrogens with one attached hydrogen (secondary N) is 1. The molecule has 2 unspecified atom stereocenters. The maximum atomic E-state index is 13.9. The number of hydrogen-bond acceptors (Lipinski definition) is 6. The number of nitrogens with zero attached hydrogens (tertiary/aromatic N) is 1. The third kappa shape index (κ3) is 5.80. The minimum absolute atomic E-state index is 0.00549. The van der Waals surface area contributed by atoms with E-state index in [1.54, 1.807) is 21.3 Å². The zero-order chi connectivity index (χ0) is 29.1. The number of aromatic nitrogens is 2. The van der Waals surface area contributed by atoms with Gasteiger partial charge in [-0.1, -0.05) is 41.1 Å². The Morgan fingerprint density at radius 3 is 2.39 bits per heavy atom. The van der Waals surface area contributed by atoms with Crippen LogP contribution in [0.15, 0.2) is 71.3 Å². The highest BCUT2D eigenvalue weighted by Crippen LogP contribution is 2.41. The lowest BCUT2D eigenvalue weighted by Crippen LogP contribution is -2.21. The van der Waals surface area contributed by atoms with Crippen LogP contribution >= 0.6 is 15.9 Å². The first kappa shape index (κ1) is 28.6.